The summed E-state index contributed by atoms with van der Waals surface area (Å²) in [6, 6.07) is 3.35. The van der Waals surface area contributed by atoms with E-state index < -0.39 is 36.2 Å². The second-order valence-corrected chi connectivity index (χ2v) is 4.55. The van der Waals surface area contributed by atoms with Crippen LogP contribution in [0.4, 0.5) is 26.3 Å². The molecule has 1 atom stereocenters. The highest BCUT2D eigenvalue weighted by molar-refractivity contribution is 5.44. The minimum atomic E-state index is -5.73. The lowest BCUT2D eigenvalue weighted by Gasteiger charge is -2.42. The first-order valence-corrected chi connectivity index (χ1v) is 5.70. The second kappa shape index (κ2) is 4.69. The van der Waals surface area contributed by atoms with Crippen LogP contribution in [0.25, 0.3) is 0 Å². The minimum absolute atomic E-state index is 0.0149. The Kier molecular flexibility index (Phi) is 3.51. The molecule has 0 amide bonds. The van der Waals surface area contributed by atoms with E-state index in [9.17, 15) is 31.4 Å². The number of rotatable bonds is 1. The average molecular weight is 316 g/mol. The molecule has 0 aliphatic carbocycles. The molecule has 3 nitrogen and oxygen atoms in total. The van der Waals surface area contributed by atoms with Gasteiger partial charge >= 0.3 is 18.0 Å². The van der Waals surface area contributed by atoms with E-state index in [1.54, 1.807) is 0 Å². The van der Waals surface area contributed by atoms with Gasteiger partial charge in [-0.05, 0) is 12.1 Å². The predicted molar refractivity (Wildman–Crippen MR) is 58.0 cm³/mol. The normalized spacial score (nSPS) is 21.4. The molecule has 0 fully saturated rings. The lowest BCUT2D eigenvalue weighted by Crippen LogP contribution is -2.63. The van der Waals surface area contributed by atoms with Gasteiger partial charge < -0.3 is 14.6 Å². The number of ether oxygens (including phenoxy) is 2. The van der Waals surface area contributed by atoms with Gasteiger partial charge in [-0.2, -0.15) is 26.3 Å². The molecule has 1 aromatic carbocycles. The molecular weight excluding hydrogens is 306 g/mol. The number of aliphatic hydroxyl groups excluding tert-OH is 1. The summed E-state index contributed by atoms with van der Waals surface area (Å²) in [4.78, 5) is 0. The highest BCUT2D eigenvalue weighted by Crippen LogP contribution is 2.54. The van der Waals surface area contributed by atoms with Crippen LogP contribution in [0.3, 0.4) is 0 Å². The summed E-state index contributed by atoms with van der Waals surface area (Å²) in [6.45, 7) is 0. The van der Waals surface area contributed by atoms with Crippen molar-refractivity contribution in [2.45, 2.75) is 30.5 Å². The van der Waals surface area contributed by atoms with E-state index in [4.69, 9.17) is 4.74 Å². The van der Waals surface area contributed by atoms with E-state index in [0.717, 1.165) is 12.1 Å². The minimum Gasteiger partial charge on any atom is -0.497 e. The molecule has 1 N–H and O–H groups in total. The van der Waals surface area contributed by atoms with E-state index in [1.165, 1.54) is 13.2 Å². The zero-order valence-electron chi connectivity index (χ0n) is 10.5. The fraction of sp³-hybridized carbons (Fsp3) is 0.500. The zero-order valence-corrected chi connectivity index (χ0v) is 10.5. The molecule has 0 spiro atoms. The number of methoxy groups -OCH3 is 1. The molecular formula is C12H10F6O3. The van der Waals surface area contributed by atoms with Gasteiger partial charge in [-0.1, -0.05) is 0 Å². The van der Waals surface area contributed by atoms with Crippen LogP contribution in [0.1, 0.15) is 18.1 Å². The molecule has 9 heteroatoms. The van der Waals surface area contributed by atoms with Crippen LogP contribution in [0, 0.1) is 0 Å². The van der Waals surface area contributed by atoms with Crippen molar-refractivity contribution in [3.05, 3.63) is 23.8 Å². The Balaban J connectivity index is 2.58. The zero-order chi connectivity index (χ0) is 16.1. The standard InChI is InChI=1S/C12H10F6O3/c1-20-6-2-3-7-8(19)5-10(11(13,14)15,12(16,17)18)21-9(7)4-6/h2-4,8,19H,5H2,1H3. The summed E-state index contributed by atoms with van der Waals surface area (Å²) >= 11 is 0. The quantitative estimate of drug-likeness (QED) is 0.807. The Morgan fingerprint density at radius 3 is 2.24 bits per heavy atom. The first kappa shape index (κ1) is 15.7. The lowest BCUT2D eigenvalue weighted by molar-refractivity contribution is -0.367. The molecule has 2 rings (SSSR count). The van der Waals surface area contributed by atoms with Gasteiger partial charge in [0.15, 0.2) is 0 Å². The van der Waals surface area contributed by atoms with Gasteiger partial charge in [0.1, 0.15) is 11.5 Å². The topological polar surface area (TPSA) is 38.7 Å². The van der Waals surface area contributed by atoms with Gasteiger partial charge in [0.2, 0.25) is 0 Å². The van der Waals surface area contributed by atoms with E-state index in [1.807, 2.05) is 0 Å². The van der Waals surface area contributed by atoms with E-state index in [2.05, 4.69) is 4.74 Å². The molecule has 1 heterocycles. The van der Waals surface area contributed by atoms with Crippen LogP contribution < -0.4 is 9.47 Å². The largest absolute Gasteiger partial charge is 0.497 e. The first-order chi connectivity index (χ1) is 9.52. The van der Waals surface area contributed by atoms with Crippen molar-refractivity contribution in [1.29, 1.82) is 0 Å². The highest BCUT2D eigenvalue weighted by atomic mass is 19.4. The number of hydrogen-bond acceptors (Lipinski definition) is 3. The van der Waals surface area contributed by atoms with Gasteiger partial charge in [0.25, 0.3) is 0 Å². The van der Waals surface area contributed by atoms with Crippen molar-refractivity contribution in [1.82, 2.24) is 0 Å². The van der Waals surface area contributed by atoms with Crippen LogP contribution >= 0.6 is 0 Å². The molecule has 0 saturated carbocycles. The molecule has 1 aliphatic heterocycles. The summed E-state index contributed by atoms with van der Waals surface area (Å²) < 4.78 is 86.7. The number of hydrogen-bond donors (Lipinski definition) is 1. The number of halogens is 6. The van der Waals surface area contributed by atoms with E-state index in [0.29, 0.717) is 0 Å². The van der Waals surface area contributed by atoms with Crippen molar-refractivity contribution in [2.24, 2.45) is 0 Å². The Labute approximate surface area is 115 Å². The van der Waals surface area contributed by atoms with Crippen molar-refractivity contribution >= 4 is 0 Å². The van der Waals surface area contributed by atoms with Crippen LogP contribution in [0.15, 0.2) is 18.2 Å². The first-order valence-electron chi connectivity index (χ1n) is 5.70. The van der Waals surface area contributed by atoms with Crippen LogP contribution in [0.5, 0.6) is 11.5 Å². The fourth-order valence-corrected chi connectivity index (χ4v) is 2.12. The van der Waals surface area contributed by atoms with Crippen molar-refractivity contribution in [3.63, 3.8) is 0 Å². The van der Waals surface area contributed by atoms with Gasteiger partial charge in [-0.3, -0.25) is 0 Å². The summed E-state index contributed by atoms with van der Waals surface area (Å²) in [7, 11) is 1.20. The predicted octanol–water partition coefficient (Wildman–Crippen LogP) is 3.37. The maximum atomic E-state index is 13.0. The third-order valence-corrected chi connectivity index (χ3v) is 3.26. The fourth-order valence-electron chi connectivity index (χ4n) is 2.12. The summed E-state index contributed by atoms with van der Waals surface area (Å²) in [5.41, 5.74) is -4.60. The van der Waals surface area contributed by atoms with Gasteiger partial charge in [0, 0.05) is 18.1 Å². The number of alkyl halides is 6. The molecule has 0 bridgehead atoms. The molecule has 1 aliphatic rings. The average Bonchev–Trinajstić information content (AvgIpc) is 2.35. The number of fused-ring (bicyclic) bond motifs is 1. The third-order valence-electron chi connectivity index (χ3n) is 3.26. The molecule has 0 saturated heterocycles. The molecule has 118 valence electrons. The van der Waals surface area contributed by atoms with Crippen LogP contribution in [0.2, 0.25) is 0 Å². The van der Waals surface area contributed by atoms with Crippen molar-refractivity contribution < 1.29 is 40.9 Å². The summed E-state index contributed by atoms with van der Waals surface area (Å²) in [5.74, 6) is -0.691. The molecule has 0 radical (unpaired) electrons. The SMILES string of the molecule is COc1ccc2c(c1)OC(C(F)(F)F)(C(F)(F)F)CC2O. The Morgan fingerprint density at radius 2 is 1.76 bits per heavy atom. The van der Waals surface area contributed by atoms with Gasteiger partial charge in [-0.25, -0.2) is 0 Å². The smallest absolute Gasteiger partial charge is 0.437 e. The number of aliphatic hydroxyl groups is 1. The van der Waals surface area contributed by atoms with E-state index >= 15 is 0 Å². The van der Waals surface area contributed by atoms with Gasteiger partial charge in [0.05, 0.1) is 13.2 Å². The van der Waals surface area contributed by atoms with Crippen molar-refractivity contribution in [3.8, 4) is 11.5 Å². The summed E-state index contributed by atoms with van der Waals surface area (Å²) in [5, 5.41) is 9.67. The van der Waals surface area contributed by atoms with Gasteiger partial charge in [-0.15, -0.1) is 0 Å². The Bertz CT molecular complexity index is 523. The third kappa shape index (κ3) is 2.39. The molecule has 1 aromatic rings. The maximum Gasteiger partial charge on any atom is 0.437 e. The lowest BCUT2D eigenvalue weighted by atomic mass is 9.87. The molecule has 0 aromatic heterocycles. The maximum absolute atomic E-state index is 13.0. The second-order valence-electron chi connectivity index (χ2n) is 4.55. The van der Waals surface area contributed by atoms with E-state index in [-0.39, 0.29) is 11.3 Å². The monoisotopic (exact) mass is 316 g/mol. The van der Waals surface area contributed by atoms with Crippen molar-refractivity contribution in [2.75, 3.05) is 7.11 Å². The Morgan fingerprint density at radius 1 is 1.19 bits per heavy atom. The van der Waals surface area contributed by atoms with Crippen LogP contribution in [-0.4, -0.2) is 30.2 Å². The van der Waals surface area contributed by atoms with Crippen LogP contribution in [-0.2, 0) is 0 Å². The molecule has 1 unspecified atom stereocenters. The number of benzene rings is 1. The molecule has 21 heavy (non-hydrogen) atoms. The summed E-state index contributed by atoms with van der Waals surface area (Å²) in [6.07, 6.45) is -15.1. The highest BCUT2D eigenvalue weighted by Gasteiger charge is 2.75. The Hall–Kier alpha value is -1.64.